The summed E-state index contributed by atoms with van der Waals surface area (Å²) in [6.45, 7) is 3.46. The Morgan fingerprint density at radius 1 is 1.03 bits per heavy atom. The maximum absolute atomic E-state index is 14.6. The Morgan fingerprint density at radius 2 is 1.81 bits per heavy atom. The summed E-state index contributed by atoms with van der Waals surface area (Å²) >= 11 is 1.53. The smallest absolute Gasteiger partial charge is 0.235 e. The second kappa shape index (κ2) is 8.13. The minimum Gasteiger partial charge on any atom is -0.383 e. The molecule has 11 heteroatoms. The van der Waals surface area contributed by atoms with E-state index in [9.17, 15) is 18.0 Å². The summed E-state index contributed by atoms with van der Waals surface area (Å²) in [6, 6.07) is 7.26. The van der Waals surface area contributed by atoms with Gasteiger partial charge < -0.3 is 15.5 Å². The van der Waals surface area contributed by atoms with E-state index in [0.717, 1.165) is 23.3 Å². The summed E-state index contributed by atoms with van der Waals surface area (Å²) in [6.07, 6.45) is 1.47. The first-order chi connectivity index (χ1) is 17.6. The van der Waals surface area contributed by atoms with Crippen molar-refractivity contribution in [1.29, 1.82) is 0 Å². The summed E-state index contributed by atoms with van der Waals surface area (Å²) in [5.74, 6) is -2.75. The SMILES string of the molecule is CC1(C)C(=O)Nc2nc(-c3nc(Cc4c(F)ccc(F)c4F)n4cc(-c5ccsc5)ccc34)nc(N)c21. The lowest BCUT2D eigenvalue weighted by Crippen LogP contribution is -2.27. The van der Waals surface area contributed by atoms with Crippen molar-refractivity contribution in [2.45, 2.75) is 25.7 Å². The van der Waals surface area contributed by atoms with Crippen LogP contribution in [-0.2, 0) is 16.6 Å². The molecule has 0 saturated heterocycles. The zero-order valence-corrected chi connectivity index (χ0v) is 20.5. The number of pyridine rings is 1. The number of anilines is 2. The third-order valence-corrected chi connectivity index (χ3v) is 7.29. The van der Waals surface area contributed by atoms with Gasteiger partial charge in [-0.3, -0.25) is 4.79 Å². The molecule has 6 rings (SSSR count). The standard InChI is InChI=1S/C26H19F3N6OS/c1-26(2)19-22(30)32-24(33-23(19)34-25(26)36)21-17-6-3-12(13-7-8-37-11-13)10-35(17)18(31-21)9-14-15(27)4-5-16(28)20(14)29/h3-8,10-11H,9H2,1-2H3,(H3,30,32,33,34,36). The summed E-state index contributed by atoms with van der Waals surface area (Å²) in [4.78, 5) is 26.0. The number of nitrogen functional groups attached to an aromatic ring is 1. The molecule has 3 N–H and O–H groups in total. The highest BCUT2D eigenvalue weighted by molar-refractivity contribution is 7.08. The van der Waals surface area contributed by atoms with E-state index in [0.29, 0.717) is 16.8 Å². The third kappa shape index (κ3) is 3.57. The summed E-state index contributed by atoms with van der Waals surface area (Å²) in [5.41, 5.74) is 8.06. The minimum atomic E-state index is -1.27. The van der Waals surface area contributed by atoms with Crippen molar-refractivity contribution in [2.75, 3.05) is 11.1 Å². The molecule has 0 saturated carbocycles. The molecule has 5 aromatic rings. The molecule has 1 aliphatic heterocycles. The number of nitrogens with one attached hydrogen (secondary N) is 1. The fourth-order valence-electron chi connectivity index (χ4n) is 4.59. The molecule has 0 atom stereocenters. The normalized spacial score (nSPS) is 14.2. The molecule has 0 fully saturated rings. The fraction of sp³-hybridized carbons (Fsp3) is 0.154. The van der Waals surface area contributed by atoms with Gasteiger partial charge >= 0.3 is 0 Å². The van der Waals surface area contributed by atoms with Gasteiger partial charge in [0, 0.05) is 18.2 Å². The van der Waals surface area contributed by atoms with Crippen LogP contribution < -0.4 is 11.1 Å². The minimum absolute atomic E-state index is 0.128. The van der Waals surface area contributed by atoms with Crippen molar-refractivity contribution in [3.05, 3.63) is 81.7 Å². The Hall–Kier alpha value is -4.25. The molecular weight excluding hydrogens is 501 g/mol. The number of benzene rings is 1. The number of amides is 1. The predicted octanol–water partition coefficient (Wildman–Crippen LogP) is 5.34. The van der Waals surface area contributed by atoms with Crippen molar-refractivity contribution >= 4 is 34.4 Å². The van der Waals surface area contributed by atoms with Crippen LogP contribution in [0, 0.1) is 17.5 Å². The molecule has 1 aromatic carbocycles. The number of rotatable bonds is 4. The number of nitrogens with two attached hydrogens (primary N) is 1. The van der Waals surface area contributed by atoms with Crippen molar-refractivity contribution in [1.82, 2.24) is 19.4 Å². The second-order valence-corrected chi connectivity index (χ2v) is 10.1. The zero-order chi connectivity index (χ0) is 26.1. The van der Waals surface area contributed by atoms with Crippen molar-refractivity contribution in [3.63, 3.8) is 0 Å². The van der Waals surface area contributed by atoms with Gasteiger partial charge in [-0.1, -0.05) is 6.07 Å². The van der Waals surface area contributed by atoms with Crippen LogP contribution in [0.4, 0.5) is 24.8 Å². The molecule has 0 aliphatic carbocycles. The Bertz CT molecular complexity index is 1730. The maximum atomic E-state index is 14.6. The van der Waals surface area contributed by atoms with Crippen LogP contribution in [0.2, 0.25) is 0 Å². The fourth-order valence-corrected chi connectivity index (χ4v) is 5.26. The quantitative estimate of drug-likeness (QED) is 0.312. The maximum Gasteiger partial charge on any atom is 0.235 e. The highest BCUT2D eigenvalue weighted by Crippen LogP contribution is 2.40. The van der Waals surface area contributed by atoms with Crippen LogP contribution in [0.25, 0.3) is 28.2 Å². The van der Waals surface area contributed by atoms with Crippen LogP contribution in [0.1, 0.15) is 30.8 Å². The van der Waals surface area contributed by atoms with Crippen molar-refractivity contribution in [2.24, 2.45) is 0 Å². The van der Waals surface area contributed by atoms with Crippen molar-refractivity contribution < 1.29 is 18.0 Å². The largest absolute Gasteiger partial charge is 0.383 e. The Kier molecular flexibility index (Phi) is 5.09. The molecule has 7 nitrogen and oxygen atoms in total. The molecule has 1 aliphatic rings. The van der Waals surface area contributed by atoms with Gasteiger partial charge in [0.25, 0.3) is 0 Å². The van der Waals surface area contributed by atoms with E-state index in [1.54, 1.807) is 30.5 Å². The second-order valence-electron chi connectivity index (χ2n) is 9.30. The van der Waals surface area contributed by atoms with E-state index >= 15 is 0 Å². The molecular formula is C26H19F3N6OS. The molecule has 4 aromatic heterocycles. The highest BCUT2D eigenvalue weighted by atomic mass is 32.1. The van der Waals surface area contributed by atoms with Gasteiger partial charge in [0.15, 0.2) is 17.5 Å². The average molecular weight is 521 g/mol. The first-order valence-corrected chi connectivity index (χ1v) is 12.2. The number of thiophene rings is 1. The van der Waals surface area contributed by atoms with Gasteiger partial charge in [-0.25, -0.2) is 28.1 Å². The summed E-state index contributed by atoms with van der Waals surface area (Å²) in [7, 11) is 0. The Balaban J connectivity index is 1.56. The van der Waals surface area contributed by atoms with Crippen LogP contribution in [0.5, 0.6) is 0 Å². The number of hydrogen-bond donors (Lipinski definition) is 2. The van der Waals surface area contributed by atoms with E-state index in [2.05, 4.69) is 20.3 Å². The molecule has 0 bridgehead atoms. The van der Waals surface area contributed by atoms with Gasteiger partial charge in [0.1, 0.15) is 29.0 Å². The lowest BCUT2D eigenvalue weighted by Gasteiger charge is -2.16. The molecule has 0 spiro atoms. The Labute approximate surface area is 212 Å². The number of fused-ring (bicyclic) bond motifs is 2. The Morgan fingerprint density at radius 3 is 2.57 bits per heavy atom. The lowest BCUT2D eigenvalue weighted by atomic mass is 9.87. The first kappa shape index (κ1) is 23.2. The zero-order valence-electron chi connectivity index (χ0n) is 19.6. The monoisotopic (exact) mass is 520 g/mol. The number of aromatic nitrogens is 4. The molecule has 5 heterocycles. The topological polar surface area (TPSA) is 98.2 Å². The van der Waals surface area contributed by atoms with Crippen LogP contribution in [0.15, 0.2) is 47.3 Å². The van der Waals surface area contributed by atoms with Crippen LogP contribution in [-0.4, -0.2) is 25.3 Å². The summed E-state index contributed by atoms with van der Waals surface area (Å²) in [5, 5.41) is 6.65. The van der Waals surface area contributed by atoms with E-state index in [4.69, 9.17) is 5.73 Å². The molecule has 186 valence electrons. The highest BCUT2D eigenvalue weighted by Gasteiger charge is 2.42. The summed E-state index contributed by atoms with van der Waals surface area (Å²) < 4.78 is 44.7. The number of carbonyl (C=O) groups excluding carboxylic acids is 1. The predicted molar refractivity (Wildman–Crippen MR) is 135 cm³/mol. The van der Waals surface area contributed by atoms with E-state index < -0.39 is 28.4 Å². The number of nitrogens with zero attached hydrogens (tertiary/aromatic N) is 4. The van der Waals surface area contributed by atoms with Gasteiger partial charge in [-0.05, 0) is 60.0 Å². The molecule has 1 amide bonds. The third-order valence-electron chi connectivity index (χ3n) is 6.61. The number of halogens is 3. The van der Waals surface area contributed by atoms with Gasteiger partial charge in [0.05, 0.1) is 16.5 Å². The molecule has 0 unspecified atom stereocenters. The molecule has 0 radical (unpaired) electrons. The molecule has 37 heavy (non-hydrogen) atoms. The van der Waals surface area contributed by atoms with E-state index in [1.807, 2.05) is 22.9 Å². The van der Waals surface area contributed by atoms with E-state index in [1.165, 1.54) is 11.3 Å². The van der Waals surface area contributed by atoms with Crippen LogP contribution >= 0.6 is 11.3 Å². The van der Waals surface area contributed by atoms with Gasteiger partial charge in [0.2, 0.25) is 5.91 Å². The van der Waals surface area contributed by atoms with E-state index in [-0.39, 0.29) is 35.6 Å². The lowest BCUT2D eigenvalue weighted by molar-refractivity contribution is -0.119. The number of imidazole rings is 1. The van der Waals surface area contributed by atoms with Crippen molar-refractivity contribution in [3.8, 4) is 22.6 Å². The van der Waals surface area contributed by atoms with Gasteiger partial charge in [-0.15, -0.1) is 0 Å². The van der Waals surface area contributed by atoms with Crippen LogP contribution in [0.3, 0.4) is 0 Å². The van der Waals surface area contributed by atoms with Gasteiger partial charge in [-0.2, -0.15) is 11.3 Å². The number of hydrogen-bond acceptors (Lipinski definition) is 6. The average Bonchev–Trinajstić information content (AvgIpc) is 3.57. The number of carbonyl (C=O) groups is 1. The first-order valence-electron chi connectivity index (χ1n) is 11.3.